The lowest BCUT2D eigenvalue weighted by molar-refractivity contribution is 0.502. The first-order valence-corrected chi connectivity index (χ1v) is 9.11. The second kappa shape index (κ2) is 7.37. The van der Waals surface area contributed by atoms with Gasteiger partial charge in [0, 0.05) is 27.8 Å². The van der Waals surface area contributed by atoms with Crippen molar-refractivity contribution < 1.29 is 4.21 Å². The van der Waals surface area contributed by atoms with Gasteiger partial charge in [0.25, 0.3) is 0 Å². The monoisotopic (exact) mass is 293 g/mol. The summed E-state index contributed by atoms with van der Waals surface area (Å²) in [6.45, 7) is 4.25. The third-order valence-electron chi connectivity index (χ3n) is 4.25. The molecule has 3 heteroatoms. The van der Waals surface area contributed by atoms with Crippen molar-refractivity contribution in [3.05, 3.63) is 34.9 Å². The number of hydrogen-bond donors (Lipinski definition) is 1. The Morgan fingerprint density at radius 3 is 2.30 bits per heavy atom. The van der Waals surface area contributed by atoms with Gasteiger partial charge in [-0.25, -0.2) is 0 Å². The van der Waals surface area contributed by atoms with Crippen LogP contribution in [0.4, 0.5) is 0 Å². The maximum absolute atomic E-state index is 12.6. The summed E-state index contributed by atoms with van der Waals surface area (Å²) in [6, 6.07) is 6.82. The molecule has 20 heavy (non-hydrogen) atoms. The second-order valence-electron chi connectivity index (χ2n) is 6.07. The molecule has 2 unspecified atom stereocenters. The van der Waals surface area contributed by atoms with Crippen molar-refractivity contribution in [1.29, 1.82) is 0 Å². The molecule has 1 aliphatic rings. The Labute approximate surface area is 125 Å². The number of rotatable bonds is 5. The van der Waals surface area contributed by atoms with Gasteiger partial charge in [-0.15, -0.1) is 0 Å². The molecule has 0 aromatic heterocycles. The van der Waals surface area contributed by atoms with Gasteiger partial charge in [-0.05, 0) is 39.3 Å². The van der Waals surface area contributed by atoms with Crippen molar-refractivity contribution in [1.82, 2.24) is 5.32 Å². The van der Waals surface area contributed by atoms with Crippen LogP contribution in [-0.2, 0) is 10.8 Å². The van der Waals surface area contributed by atoms with Crippen LogP contribution in [0.5, 0.6) is 0 Å². The largest absolute Gasteiger partial charge is 0.312 e. The Morgan fingerprint density at radius 2 is 1.75 bits per heavy atom. The Bertz CT molecular complexity index is 446. The Balaban J connectivity index is 2.05. The van der Waals surface area contributed by atoms with Crippen LogP contribution >= 0.6 is 0 Å². The van der Waals surface area contributed by atoms with E-state index in [9.17, 15) is 4.21 Å². The standard InChI is InChI=1S/C17H27NOS/c1-13-9-14(2)11-15(10-13)17(18-3)12-20(19)16-7-5-4-6-8-16/h9-11,16-18H,4-8,12H2,1-3H3. The Kier molecular flexibility index (Phi) is 5.79. The summed E-state index contributed by atoms with van der Waals surface area (Å²) in [5.41, 5.74) is 3.83. The molecule has 0 bridgehead atoms. The van der Waals surface area contributed by atoms with E-state index in [-0.39, 0.29) is 6.04 Å². The second-order valence-corrected chi connectivity index (χ2v) is 7.83. The van der Waals surface area contributed by atoms with Crippen LogP contribution in [0, 0.1) is 13.8 Å². The fourth-order valence-corrected chi connectivity index (χ4v) is 5.00. The first-order chi connectivity index (χ1) is 9.60. The SMILES string of the molecule is CNC(CS(=O)C1CCCCC1)c1cc(C)cc(C)c1. The highest BCUT2D eigenvalue weighted by atomic mass is 32.2. The first kappa shape index (κ1) is 15.7. The fourth-order valence-electron chi connectivity index (χ4n) is 3.19. The molecule has 2 nitrogen and oxygen atoms in total. The van der Waals surface area contributed by atoms with E-state index in [4.69, 9.17) is 0 Å². The Hall–Kier alpha value is -0.670. The quantitative estimate of drug-likeness (QED) is 0.898. The summed E-state index contributed by atoms with van der Waals surface area (Å²) in [5, 5.41) is 3.77. The molecule has 1 saturated carbocycles. The van der Waals surface area contributed by atoms with Crippen LogP contribution in [0.3, 0.4) is 0 Å². The molecular formula is C17H27NOS. The lowest BCUT2D eigenvalue weighted by Gasteiger charge is -2.24. The highest BCUT2D eigenvalue weighted by molar-refractivity contribution is 7.85. The van der Waals surface area contributed by atoms with Gasteiger partial charge in [-0.3, -0.25) is 4.21 Å². The van der Waals surface area contributed by atoms with Crippen LogP contribution in [0.2, 0.25) is 0 Å². The van der Waals surface area contributed by atoms with Crippen molar-refractivity contribution in [2.75, 3.05) is 12.8 Å². The fraction of sp³-hybridized carbons (Fsp3) is 0.647. The normalized spacial score (nSPS) is 19.8. The lowest BCUT2D eigenvalue weighted by Crippen LogP contribution is -2.28. The van der Waals surface area contributed by atoms with E-state index in [2.05, 4.69) is 37.4 Å². The topological polar surface area (TPSA) is 29.1 Å². The molecule has 0 heterocycles. The van der Waals surface area contributed by atoms with Gasteiger partial charge >= 0.3 is 0 Å². The molecule has 1 aromatic carbocycles. The molecule has 0 saturated heterocycles. The predicted molar refractivity (Wildman–Crippen MR) is 87.6 cm³/mol. The summed E-state index contributed by atoms with van der Waals surface area (Å²) in [7, 11) is 1.26. The van der Waals surface area contributed by atoms with Crippen LogP contribution in [0.25, 0.3) is 0 Å². The summed E-state index contributed by atoms with van der Waals surface area (Å²) >= 11 is 0. The van der Waals surface area contributed by atoms with E-state index in [0.29, 0.717) is 5.25 Å². The zero-order valence-electron chi connectivity index (χ0n) is 12.9. The van der Waals surface area contributed by atoms with Crippen molar-refractivity contribution in [2.24, 2.45) is 0 Å². The number of nitrogens with one attached hydrogen (secondary N) is 1. The van der Waals surface area contributed by atoms with Gasteiger partial charge in [0.1, 0.15) is 0 Å². The van der Waals surface area contributed by atoms with Crippen LogP contribution in [0.1, 0.15) is 54.8 Å². The Morgan fingerprint density at radius 1 is 1.15 bits per heavy atom. The molecule has 1 fully saturated rings. The average Bonchev–Trinajstić information content (AvgIpc) is 2.44. The molecule has 112 valence electrons. The zero-order valence-corrected chi connectivity index (χ0v) is 13.8. The highest BCUT2D eigenvalue weighted by Crippen LogP contribution is 2.25. The van der Waals surface area contributed by atoms with Crippen molar-refractivity contribution in [2.45, 2.75) is 57.2 Å². The summed E-state index contributed by atoms with van der Waals surface area (Å²) in [5.74, 6) is 0.740. The maximum atomic E-state index is 12.6. The minimum atomic E-state index is -0.713. The minimum Gasteiger partial charge on any atom is -0.312 e. The summed E-state index contributed by atoms with van der Waals surface area (Å²) in [4.78, 5) is 0. The molecule has 0 aliphatic heterocycles. The molecule has 2 atom stereocenters. The van der Waals surface area contributed by atoms with Gasteiger partial charge < -0.3 is 5.32 Å². The van der Waals surface area contributed by atoms with E-state index in [1.54, 1.807) is 0 Å². The van der Waals surface area contributed by atoms with E-state index < -0.39 is 10.8 Å². The molecule has 1 aromatic rings. The van der Waals surface area contributed by atoms with Gasteiger partial charge in [0.2, 0.25) is 0 Å². The van der Waals surface area contributed by atoms with Crippen LogP contribution in [0.15, 0.2) is 18.2 Å². The molecule has 0 amide bonds. The van der Waals surface area contributed by atoms with Gasteiger partial charge in [-0.2, -0.15) is 0 Å². The average molecular weight is 293 g/mol. The number of hydrogen-bond acceptors (Lipinski definition) is 2. The molecule has 0 radical (unpaired) electrons. The van der Waals surface area contributed by atoms with E-state index in [0.717, 1.165) is 18.6 Å². The number of benzene rings is 1. The van der Waals surface area contributed by atoms with Crippen molar-refractivity contribution >= 4 is 10.8 Å². The molecule has 2 rings (SSSR count). The van der Waals surface area contributed by atoms with Gasteiger partial charge in [0.05, 0.1) is 0 Å². The van der Waals surface area contributed by atoms with Crippen LogP contribution in [-0.4, -0.2) is 22.3 Å². The summed E-state index contributed by atoms with van der Waals surface area (Å²) < 4.78 is 12.6. The van der Waals surface area contributed by atoms with E-state index in [1.165, 1.54) is 36.0 Å². The summed E-state index contributed by atoms with van der Waals surface area (Å²) in [6.07, 6.45) is 6.13. The third kappa shape index (κ3) is 4.16. The molecule has 1 aliphatic carbocycles. The smallest absolute Gasteiger partial charge is 0.0434 e. The maximum Gasteiger partial charge on any atom is 0.0434 e. The van der Waals surface area contributed by atoms with Crippen LogP contribution < -0.4 is 5.32 Å². The molecule has 0 spiro atoms. The zero-order chi connectivity index (χ0) is 14.5. The van der Waals surface area contributed by atoms with Gasteiger partial charge in [-0.1, -0.05) is 48.6 Å². The van der Waals surface area contributed by atoms with E-state index in [1.807, 2.05) is 7.05 Å². The minimum absolute atomic E-state index is 0.205. The first-order valence-electron chi connectivity index (χ1n) is 7.73. The predicted octanol–water partition coefficient (Wildman–Crippen LogP) is 3.65. The highest BCUT2D eigenvalue weighted by Gasteiger charge is 2.23. The number of aryl methyl sites for hydroxylation is 2. The van der Waals surface area contributed by atoms with Crippen molar-refractivity contribution in [3.63, 3.8) is 0 Å². The lowest BCUT2D eigenvalue weighted by atomic mass is 10.0. The van der Waals surface area contributed by atoms with Crippen molar-refractivity contribution in [3.8, 4) is 0 Å². The van der Waals surface area contributed by atoms with Gasteiger partial charge in [0.15, 0.2) is 0 Å². The third-order valence-corrected chi connectivity index (χ3v) is 6.13. The molecule has 1 N–H and O–H groups in total. The van der Waals surface area contributed by atoms with E-state index >= 15 is 0 Å². The molecular weight excluding hydrogens is 266 g/mol.